The molecule has 0 radical (unpaired) electrons. The number of alkyl halides is 1. The maximum absolute atomic E-state index is 12.4. The van der Waals surface area contributed by atoms with Gasteiger partial charge >= 0.3 is 0 Å². The Hall–Kier alpha value is -1.13. The van der Waals surface area contributed by atoms with Crippen molar-refractivity contribution in [2.45, 2.75) is 51.6 Å². The van der Waals surface area contributed by atoms with Gasteiger partial charge in [-0.05, 0) is 26.2 Å². The fourth-order valence-electron chi connectivity index (χ4n) is 2.24. The van der Waals surface area contributed by atoms with Gasteiger partial charge in [-0.1, -0.05) is 13.8 Å². The van der Waals surface area contributed by atoms with Crippen LogP contribution in [-0.4, -0.2) is 41.5 Å². The number of nitrogens with one attached hydrogen (secondary N) is 1. The average Bonchev–Trinajstić information content (AvgIpc) is 2.34. The monoisotopic (exact) mass is 244 g/mol. The van der Waals surface area contributed by atoms with E-state index in [-0.39, 0.29) is 18.2 Å². The van der Waals surface area contributed by atoms with Crippen LogP contribution in [0, 0.1) is 0 Å². The lowest BCUT2D eigenvalue weighted by Crippen LogP contribution is -2.69. The Morgan fingerprint density at radius 2 is 1.94 bits per heavy atom. The summed E-state index contributed by atoms with van der Waals surface area (Å²) in [7, 11) is 0. The molecule has 4 nitrogen and oxygen atoms in total. The van der Waals surface area contributed by atoms with Gasteiger partial charge in [0.2, 0.25) is 11.8 Å². The molecule has 1 unspecified atom stereocenters. The predicted molar refractivity (Wildman–Crippen MR) is 63.2 cm³/mol. The van der Waals surface area contributed by atoms with Crippen molar-refractivity contribution in [3.63, 3.8) is 0 Å². The molecule has 1 atom stereocenters. The summed E-state index contributed by atoms with van der Waals surface area (Å²) in [5, 5.41) is 2.81. The van der Waals surface area contributed by atoms with E-state index in [9.17, 15) is 14.0 Å². The second-order valence-corrected chi connectivity index (χ2v) is 4.50. The van der Waals surface area contributed by atoms with E-state index in [0.29, 0.717) is 19.4 Å². The van der Waals surface area contributed by atoms with Gasteiger partial charge in [-0.2, -0.15) is 0 Å². The molecule has 0 aromatic carbocycles. The second kappa shape index (κ2) is 5.47. The molecule has 17 heavy (non-hydrogen) atoms. The van der Waals surface area contributed by atoms with Crippen molar-refractivity contribution >= 4 is 11.8 Å². The number of piperazine rings is 1. The van der Waals surface area contributed by atoms with Crippen LogP contribution in [0.5, 0.6) is 0 Å². The fraction of sp³-hybridized carbons (Fsp3) is 0.833. The Balaban J connectivity index is 2.94. The third-order valence-corrected chi connectivity index (χ3v) is 3.62. The van der Waals surface area contributed by atoms with Gasteiger partial charge in [0, 0.05) is 6.54 Å². The molecule has 1 aliphatic heterocycles. The molecule has 2 amide bonds. The third-order valence-electron chi connectivity index (χ3n) is 3.62. The molecule has 0 bridgehead atoms. The van der Waals surface area contributed by atoms with Crippen molar-refractivity contribution in [1.82, 2.24) is 10.2 Å². The zero-order valence-corrected chi connectivity index (χ0v) is 10.8. The first-order valence-electron chi connectivity index (χ1n) is 6.21. The van der Waals surface area contributed by atoms with Crippen LogP contribution in [-0.2, 0) is 9.59 Å². The first-order valence-corrected chi connectivity index (χ1v) is 6.21. The number of carbonyl (C=O) groups excluding carboxylic acids is 2. The predicted octanol–water partition coefficient (Wildman–Crippen LogP) is 1.25. The summed E-state index contributed by atoms with van der Waals surface area (Å²) in [5.41, 5.74) is -0.792. The SMILES string of the molecule is CCC1(CC)NC(=O)C(C)N(CCCF)C1=O. The zero-order chi connectivity index (χ0) is 13.1. The molecule has 1 heterocycles. The molecule has 1 saturated heterocycles. The molecular formula is C12H21FN2O2. The van der Waals surface area contributed by atoms with Crippen LogP contribution in [0.4, 0.5) is 4.39 Å². The number of nitrogens with zero attached hydrogens (tertiary/aromatic N) is 1. The first-order chi connectivity index (χ1) is 8.02. The summed E-state index contributed by atoms with van der Waals surface area (Å²) < 4.78 is 12.2. The van der Waals surface area contributed by atoms with Crippen molar-refractivity contribution in [3.05, 3.63) is 0 Å². The van der Waals surface area contributed by atoms with E-state index in [1.54, 1.807) is 6.92 Å². The molecule has 0 aromatic rings. The molecule has 0 aromatic heterocycles. The van der Waals surface area contributed by atoms with Gasteiger partial charge in [0.15, 0.2) is 0 Å². The average molecular weight is 244 g/mol. The normalized spacial score (nSPS) is 23.8. The quantitative estimate of drug-likeness (QED) is 0.791. The van der Waals surface area contributed by atoms with E-state index in [1.807, 2.05) is 13.8 Å². The summed E-state index contributed by atoms with van der Waals surface area (Å²) in [5.74, 6) is -0.227. The highest BCUT2D eigenvalue weighted by Gasteiger charge is 2.46. The minimum absolute atomic E-state index is 0.0805. The lowest BCUT2D eigenvalue weighted by atomic mass is 9.87. The van der Waals surface area contributed by atoms with Crippen LogP contribution < -0.4 is 5.32 Å². The number of halogens is 1. The highest BCUT2D eigenvalue weighted by molar-refractivity contribution is 5.99. The van der Waals surface area contributed by atoms with E-state index in [1.165, 1.54) is 4.90 Å². The van der Waals surface area contributed by atoms with Crippen molar-refractivity contribution < 1.29 is 14.0 Å². The smallest absolute Gasteiger partial charge is 0.248 e. The van der Waals surface area contributed by atoms with Crippen molar-refractivity contribution in [2.75, 3.05) is 13.2 Å². The van der Waals surface area contributed by atoms with Crippen molar-refractivity contribution in [3.8, 4) is 0 Å². The van der Waals surface area contributed by atoms with Gasteiger partial charge < -0.3 is 10.2 Å². The molecule has 1 fully saturated rings. The van der Waals surface area contributed by atoms with Gasteiger partial charge in [-0.3, -0.25) is 14.0 Å². The molecule has 1 N–H and O–H groups in total. The largest absolute Gasteiger partial charge is 0.340 e. The van der Waals surface area contributed by atoms with Gasteiger partial charge in [0.05, 0.1) is 6.67 Å². The highest BCUT2D eigenvalue weighted by atomic mass is 19.1. The summed E-state index contributed by atoms with van der Waals surface area (Å²) in [6.07, 6.45) is 1.41. The Morgan fingerprint density at radius 3 is 2.41 bits per heavy atom. The fourth-order valence-corrected chi connectivity index (χ4v) is 2.24. The van der Waals surface area contributed by atoms with Crippen molar-refractivity contribution in [2.24, 2.45) is 0 Å². The lowest BCUT2D eigenvalue weighted by Gasteiger charge is -2.44. The van der Waals surface area contributed by atoms with E-state index < -0.39 is 18.3 Å². The third kappa shape index (κ3) is 2.42. The number of hydrogen-bond acceptors (Lipinski definition) is 2. The van der Waals surface area contributed by atoms with Crippen LogP contribution in [0.3, 0.4) is 0 Å². The maximum atomic E-state index is 12.4. The number of hydrogen-bond donors (Lipinski definition) is 1. The van der Waals surface area contributed by atoms with Gasteiger partial charge in [0.25, 0.3) is 0 Å². The number of amides is 2. The molecule has 1 aliphatic rings. The second-order valence-electron chi connectivity index (χ2n) is 4.50. The maximum Gasteiger partial charge on any atom is 0.248 e. The molecule has 0 spiro atoms. The lowest BCUT2D eigenvalue weighted by molar-refractivity contribution is -0.154. The summed E-state index contributed by atoms with van der Waals surface area (Å²) >= 11 is 0. The Bertz CT molecular complexity index is 303. The van der Waals surface area contributed by atoms with Crippen molar-refractivity contribution in [1.29, 1.82) is 0 Å². The van der Waals surface area contributed by atoms with Crippen LogP contribution >= 0.6 is 0 Å². The standard InChI is InChI=1S/C12H21FN2O2/c1-4-12(5-2)11(17)15(8-6-7-13)9(3)10(16)14-12/h9H,4-8H2,1-3H3,(H,14,16). The molecular weight excluding hydrogens is 223 g/mol. The minimum Gasteiger partial charge on any atom is -0.340 e. The molecule has 0 saturated carbocycles. The minimum atomic E-state index is -0.792. The van der Waals surface area contributed by atoms with E-state index >= 15 is 0 Å². The molecule has 1 rings (SSSR count). The van der Waals surface area contributed by atoms with Crippen LogP contribution in [0.2, 0.25) is 0 Å². The van der Waals surface area contributed by atoms with E-state index in [0.717, 1.165) is 0 Å². The van der Waals surface area contributed by atoms with Gasteiger partial charge in [0.1, 0.15) is 11.6 Å². The Kier molecular flexibility index (Phi) is 4.48. The summed E-state index contributed by atoms with van der Waals surface area (Å²) in [4.78, 5) is 25.7. The van der Waals surface area contributed by atoms with Gasteiger partial charge in [-0.25, -0.2) is 0 Å². The topological polar surface area (TPSA) is 49.4 Å². The first kappa shape index (κ1) is 13.9. The Morgan fingerprint density at radius 1 is 1.35 bits per heavy atom. The van der Waals surface area contributed by atoms with Crippen LogP contribution in [0.1, 0.15) is 40.0 Å². The molecule has 5 heteroatoms. The highest BCUT2D eigenvalue weighted by Crippen LogP contribution is 2.24. The van der Waals surface area contributed by atoms with E-state index in [2.05, 4.69) is 5.32 Å². The number of rotatable bonds is 5. The summed E-state index contributed by atoms with van der Waals surface area (Å²) in [6, 6.07) is -0.500. The van der Waals surface area contributed by atoms with Gasteiger partial charge in [-0.15, -0.1) is 0 Å². The number of carbonyl (C=O) groups is 2. The van der Waals surface area contributed by atoms with E-state index in [4.69, 9.17) is 0 Å². The molecule has 98 valence electrons. The summed E-state index contributed by atoms with van der Waals surface area (Å²) in [6.45, 7) is 5.28. The van der Waals surface area contributed by atoms with Crippen LogP contribution in [0.15, 0.2) is 0 Å². The zero-order valence-electron chi connectivity index (χ0n) is 10.8. The van der Waals surface area contributed by atoms with Crippen LogP contribution in [0.25, 0.3) is 0 Å². The Labute approximate surface area is 102 Å². The molecule has 0 aliphatic carbocycles.